The molecule has 0 saturated heterocycles. The van der Waals surface area contributed by atoms with Gasteiger partial charge in [-0.2, -0.15) is 0 Å². The number of benzene rings is 1. The number of aryl methyl sites for hydroxylation is 2. The third kappa shape index (κ3) is 3.60. The smallest absolute Gasteiger partial charge is 0.191 e. The minimum atomic E-state index is 0.124. The van der Waals surface area contributed by atoms with Crippen LogP contribution in [0.4, 0.5) is 0 Å². The predicted molar refractivity (Wildman–Crippen MR) is 103 cm³/mol. The van der Waals surface area contributed by atoms with Crippen LogP contribution in [-0.4, -0.2) is 31.3 Å². The Labute approximate surface area is 157 Å². The highest BCUT2D eigenvalue weighted by Crippen LogP contribution is 2.40. The average molecular weight is 366 g/mol. The van der Waals surface area contributed by atoms with Crippen LogP contribution in [0.5, 0.6) is 0 Å². The summed E-state index contributed by atoms with van der Waals surface area (Å²) in [5.74, 6) is 2.07. The van der Waals surface area contributed by atoms with Crippen LogP contribution in [0.1, 0.15) is 51.9 Å². The SMILES string of the molecule is Cc1cc(C(=O)CSc2nnc(C3CC3)n2Cc2ccccc2)c(C)[nH]1. The third-order valence-corrected chi connectivity index (χ3v) is 5.62. The predicted octanol–water partition coefficient (Wildman–Crippen LogP) is 4.12. The van der Waals surface area contributed by atoms with E-state index >= 15 is 0 Å². The molecule has 0 aliphatic heterocycles. The highest BCUT2D eigenvalue weighted by atomic mass is 32.2. The molecule has 4 rings (SSSR count). The van der Waals surface area contributed by atoms with E-state index in [0.29, 0.717) is 11.7 Å². The summed E-state index contributed by atoms with van der Waals surface area (Å²) in [5.41, 5.74) is 3.93. The number of aromatic nitrogens is 4. The van der Waals surface area contributed by atoms with Crippen molar-refractivity contribution in [2.45, 2.75) is 44.3 Å². The first-order valence-corrected chi connectivity index (χ1v) is 9.89. The van der Waals surface area contributed by atoms with Gasteiger partial charge in [-0.05, 0) is 38.3 Å². The van der Waals surface area contributed by atoms with Gasteiger partial charge in [-0.15, -0.1) is 10.2 Å². The minimum absolute atomic E-state index is 0.124. The fourth-order valence-electron chi connectivity index (χ4n) is 3.19. The van der Waals surface area contributed by atoms with E-state index in [-0.39, 0.29) is 5.78 Å². The molecule has 0 radical (unpaired) electrons. The average Bonchev–Trinajstić information content (AvgIpc) is 3.32. The Morgan fingerprint density at radius 2 is 2.00 bits per heavy atom. The van der Waals surface area contributed by atoms with E-state index in [4.69, 9.17) is 0 Å². The van der Waals surface area contributed by atoms with Crippen LogP contribution >= 0.6 is 11.8 Å². The molecular weight excluding hydrogens is 344 g/mol. The first-order chi connectivity index (χ1) is 12.6. The first-order valence-electron chi connectivity index (χ1n) is 8.91. The van der Waals surface area contributed by atoms with E-state index in [1.165, 1.54) is 30.2 Å². The normalized spacial score (nSPS) is 13.9. The Balaban J connectivity index is 1.53. The number of rotatable bonds is 7. The Kier molecular flexibility index (Phi) is 4.68. The molecule has 1 N–H and O–H groups in total. The number of nitrogens with zero attached hydrogens (tertiary/aromatic N) is 3. The van der Waals surface area contributed by atoms with Crippen molar-refractivity contribution in [3.8, 4) is 0 Å². The highest BCUT2D eigenvalue weighted by Gasteiger charge is 2.30. The number of nitrogens with one attached hydrogen (secondary N) is 1. The van der Waals surface area contributed by atoms with Crippen LogP contribution in [-0.2, 0) is 6.54 Å². The van der Waals surface area contributed by atoms with Gasteiger partial charge < -0.3 is 9.55 Å². The fourth-order valence-corrected chi connectivity index (χ4v) is 4.01. The quantitative estimate of drug-likeness (QED) is 0.504. The molecule has 0 unspecified atom stereocenters. The Morgan fingerprint density at radius 1 is 1.23 bits per heavy atom. The molecule has 1 fully saturated rings. The van der Waals surface area contributed by atoms with Crippen molar-refractivity contribution in [2.24, 2.45) is 0 Å². The second-order valence-electron chi connectivity index (χ2n) is 6.89. The number of hydrogen-bond acceptors (Lipinski definition) is 4. The van der Waals surface area contributed by atoms with E-state index in [2.05, 4.69) is 31.9 Å². The molecule has 0 bridgehead atoms. The maximum absolute atomic E-state index is 12.6. The summed E-state index contributed by atoms with van der Waals surface area (Å²) in [6.45, 7) is 4.65. The second kappa shape index (κ2) is 7.11. The van der Waals surface area contributed by atoms with Gasteiger partial charge in [-0.25, -0.2) is 0 Å². The van der Waals surface area contributed by atoms with E-state index in [9.17, 15) is 4.79 Å². The van der Waals surface area contributed by atoms with Gasteiger partial charge in [0.2, 0.25) is 0 Å². The Morgan fingerprint density at radius 3 is 2.65 bits per heavy atom. The van der Waals surface area contributed by atoms with Crippen molar-refractivity contribution in [1.82, 2.24) is 19.7 Å². The fraction of sp³-hybridized carbons (Fsp3) is 0.350. The molecule has 3 aromatic rings. The number of aromatic amines is 1. The van der Waals surface area contributed by atoms with Crippen LogP contribution in [0.3, 0.4) is 0 Å². The lowest BCUT2D eigenvalue weighted by Gasteiger charge is -2.10. The maximum Gasteiger partial charge on any atom is 0.191 e. The van der Waals surface area contributed by atoms with Gasteiger partial charge in [0.25, 0.3) is 0 Å². The van der Waals surface area contributed by atoms with Crippen molar-refractivity contribution in [1.29, 1.82) is 0 Å². The monoisotopic (exact) mass is 366 g/mol. The Bertz CT molecular complexity index is 925. The molecule has 2 aromatic heterocycles. The van der Waals surface area contributed by atoms with Gasteiger partial charge in [0.05, 0.1) is 12.3 Å². The summed E-state index contributed by atoms with van der Waals surface area (Å²) in [4.78, 5) is 15.8. The molecular formula is C20H22N4OS. The second-order valence-corrected chi connectivity index (χ2v) is 7.83. The van der Waals surface area contributed by atoms with Crippen molar-refractivity contribution in [3.05, 3.63) is 64.7 Å². The first kappa shape index (κ1) is 17.1. The Hall–Kier alpha value is -2.34. The van der Waals surface area contributed by atoms with Crippen LogP contribution in [0.15, 0.2) is 41.6 Å². The zero-order valence-electron chi connectivity index (χ0n) is 15.0. The number of carbonyl (C=O) groups excluding carboxylic acids is 1. The van der Waals surface area contributed by atoms with E-state index in [0.717, 1.165) is 34.5 Å². The summed E-state index contributed by atoms with van der Waals surface area (Å²) < 4.78 is 2.18. The molecule has 0 spiro atoms. The summed E-state index contributed by atoms with van der Waals surface area (Å²) >= 11 is 1.48. The number of carbonyl (C=O) groups is 1. The molecule has 1 aliphatic rings. The van der Waals surface area contributed by atoms with E-state index in [1.807, 2.05) is 38.1 Å². The zero-order chi connectivity index (χ0) is 18.1. The molecule has 134 valence electrons. The number of Topliss-reactive ketones (excluding diaryl/α,β-unsaturated/α-hetero) is 1. The highest BCUT2D eigenvalue weighted by molar-refractivity contribution is 7.99. The van der Waals surface area contributed by atoms with Crippen LogP contribution in [0, 0.1) is 13.8 Å². The van der Waals surface area contributed by atoms with Crippen molar-refractivity contribution < 1.29 is 4.79 Å². The molecule has 0 atom stereocenters. The lowest BCUT2D eigenvalue weighted by atomic mass is 10.2. The van der Waals surface area contributed by atoms with Crippen molar-refractivity contribution >= 4 is 17.5 Å². The van der Waals surface area contributed by atoms with Crippen LogP contribution < -0.4 is 0 Å². The largest absolute Gasteiger partial charge is 0.362 e. The molecule has 1 saturated carbocycles. The molecule has 26 heavy (non-hydrogen) atoms. The van der Waals surface area contributed by atoms with Gasteiger partial charge in [0.15, 0.2) is 10.9 Å². The lowest BCUT2D eigenvalue weighted by molar-refractivity contribution is 0.102. The standard InChI is InChI=1S/C20H22N4OS/c1-13-10-17(14(2)21-13)18(25)12-26-20-23-22-19(16-8-9-16)24(20)11-15-6-4-3-5-7-15/h3-7,10,16,21H,8-9,11-12H2,1-2H3. The number of hydrogen-bond donors (Lipinski definition) is 1. The molecule has 1 aromatic carbocycles. The van der Waals surface area contributed by atoms with Gasteiger partial charge >= 0.3 is 0 Å². The van der Waals surface area contributed by atoms with Crippen molar-refractivity contribution in [2.75, 3.05) is 5.75 Å². The van der Waals surface area contributed by atoms with Gasteiger partial charge in [0, 0.05) is 22.9 Å². The van der Waals surface area contributed by atoms with E-state index in [1.54, 1.807) is 0 Å². The number of ketones is 1. The summed E-state index contributed by atoms with van der Waals surface area (Å²) in [6, 6.07) is 12.3. The van der Waals surface area contributed by atoms with Gasteiger partial charge in [-0.3, -0.25) is 4.79 Å². The maximum atomic E-state index is 12.6. The molecule has 6 heteroatoms. The van der Waals surface area contributed by atoms with Crippen LogP contribution in [0.2, 0.25) is 0 Å². The van der Waals surface area contributed by atoms with Gasteiger partial charge in [0.1, 0.15) is 5.82 Å². The van der Waals surface area contributed by atoms with Crippen molar-refractivity contribution in [3.63, 3.8) is 0 Å². The summed E-state index contributed by atoms with van der Waals surface area (Å²) in [5, 5.41) is 9.63. The van der Waals surface area contributed by atoms with Gasteiger partial charge in [-0.1, -0.05) is 42.1 Å². The minimum Gasteiger partial charge on any atom is -0.362 e. The molecule has 5 nitrogen and oxygen atoms in total. The molecule has 2 heterocycles. The number of thioether (sulfide) groups is 1. The molecule has 1 aliphatic carbocycles. The number of H-pyrrole nitrogens is 1. The molecule has 0 amide bonds. The summed E-state index contributed by atoms with van der Waals surface area (Å²) in [7, 11) is 0. The third-order valence-electron chi connectivity index (χ3n) is 4.65. The summed E-state index contributed by atoms with van der Waals surface area (Å²) in [6.07, 6.45) is 2.36. The van der Waals surface area contributed by atoms with Crippen LogP contribution in [0.25, 0.3) is 0 Å². The zero-order valence-corrected chi connectivity index (χ0v) is 15.8. The van der Waals surface area contributed by atoms with E-state index < -0.39 is 0 Å². The topological polar surface area (TPSA) is 63.6 Å². The lowest BCUT2D eigenvalue weighted by Crippen LogP contribution is -2.08.